The Morgan fingerprint density at radius 1 is 1.00 bits per heavy atom. The lowest BCUT2D eigenvalue weighted by molar-refractivity contribution is 0.215. The number of halogens is 1. The molecule has 0 aliphatic heterocycles. The van der Waals surface area contributed by atoms with Gasteiger partial charge in [-0.3, -0.25) is 0 Å². The Morgan fingerprint density at radius 3 is 2.28 bits per heavy atom. The Bertz CT molecular complexity index is 543. The lowest BCUT2D eigenvalue weighted by atomic mass is 9.99. The number of benzene rings is 2. The maximum atomic E-state index is 13.6. The highest BCUT2D eigenvalue weighted by atomic mass is 19.1. The van der Waals surface area contributed by atoms with Crippen molar-refractivity contribution in [1.29, 1.82) is 0 Å². The van der Waals surface area contributed by atoms with Crippen LogP contribution in [0, 0.1) is 5.82 Å². The molecule has 0 bridgehead atoms. The summed E-state index contributed by atoms with van der Waals surface area (Å²) in [7, 11) is 0. The van der Waals surface area contributed by atoms with Gasteiger partial charge in [0.1, 0.15) is 11.9 Å². The van der Waals surface area contributed by atoms with E-state index in [0.717, 1.165) is 5.56 Å². The molecule has 92 valence electrons. The van der Waals surface area contributed by atoms with Gasteiger partial charge in [-0.05, 0) is 36.0 Å². The molecule has 2 aromatic rings. The molecule has 0 heterocycles. The van der Waals surface area contributed by atoms with Crippen LogP contribution in [0.5, 0.6) is 0 Å². The van der Waals surface area contributed by atoms with Gasteiger partial charge in [0, 0.05) is 5.56 Å². The fourth-order valence-corrected chi connectivity index (χ4v) is 2.24. The molecule has 1 aliphatic rings. The average molecular weight is 242 g/mol. The summed E-state index contributed by atoms with van der Waals surface area (Å²) in [4.78, 5) is 0. The minimum absolute atomic E-state index is 0.330. The first kappa shape index (κ1) is 11.4. The van der Waals surface area contributed by atoms with Gasteiger partial charge < -0.3 is 5.11 Å². The van der Waals surface area contributed by atoms with Crippen LogP contribution >= 0.6 is 0 Å². The fraction of sp³-hybridized carbons (Fsp3) is 0.250. The largest absolute Gasteiger partial charge is 0.384 e. The Labute approximate surface area is 106 Å². The van der Waals surface area contributed by atoms with Gasteiger partial charge in [-0.1, -0.05) is 42.5 Å². The average Bonchev–Trinajstić information content (AvgIpc) is 3.23. The van der Waals surface area contributed by atoms with E-state index in [0.29, 0.717) is 11.5 Å². The topological polar surface area (TPSA) is 20.2 Å². The van der Waals surface area contributed by atoms with E-state index >= 15 is 0 Å². The van der Waals surface area contributed by atoms with Crippen molar-refractivity contribution in [2.24, 2.45) is 0 Å². The maximum absolute atomic E-state index is 13.6. The summed E-state index contributed by atoms with van der Waals surface area (Å²) >= 11 is 0. The first-order valence-corrected chi connectivity index (χ1v) is 6.28. The molecule has 1 unspecified atom stereocenters. The van der Waals surface area contributed by atoms with Crippen molar-refractivity contribution in [1.82, 2.24) is 0 Å². The van der Waals surface area contributed by atoms with Crippen molar-refractivity contribution < 1.29 is 9.50 Å². The van der Waals surface area contributed by atoms with Crippen molar-refractivity contribution in [3.63, 3.8) is 0 Å². The van der Waals surface area contributed by atoms with Gasteiger partial charge in [0.25, 0.3) is 0 Å². The van der Waals surface area contributed by atoms with E-state index in [-0.39, 0.29) is 5.82 Å². The summed E-state index contributed by atoms with van der Waals surface area (Å²) in [5.41, 5.74) is 2.39. The second-order valence-electron chi connectivity index (χ2n) is 4.86. The maximum Gasteiger partial charge on any atom is 0.129 e. The molecule has 2 heteroatoms. The van der Waals surface area contributed by atoms with Crippen LogP contribution in [0.4, 0.5) is 4.39 Å². The van der Waals surface area contributed by atoms with Gasteiger partial charge in [-0.15, -0.1) is 0 Å². The minimum atomic E-state index is -0.889. The molecular formula is C16H15FO. The quantitative estimate of drug-likeness (QED) is 0.868. The van der Waals surface area contributed by atoms with Gasteiger partial charge in [0.05, 0.1) is 0 Å². The molecule has 0 aromatic heterocycles. The third kappa shape index (κ3) is 2.16. The molecule has 0 radical (unpaired) electrons. The van der Waals surface area contributed by atoms with Crippen LogP contribution in [0.25, 0.3) is 0 Å². The molecule has 0 saturated heterocycles. The van der Waals surface area contributed by atoms with Crippen LogP contribution in [0.1, 0.15) is 41.6 Å². The third-order valence-corrected chi connectivity index (χ3v) is 3.50. The van der Waals surface area contributed by atoms with Crippen LogP contribution in [0.2, 0.25) is 0 Å². The lowest BCUT2D eigenvalue weighted by Gasteiger charge is -2.12. The summed E-state index contributed by atoms with van der Waals surface area (Å²) in [6, 6.07) is 14.2. The predicted octanol–water partition coefficient (Wildman–Crippen LogP) is 3.78. The van der Waals surface area contributed by atoms with Crippen molar-refractivity contribution in [2.75, 3.05) is 0 Å². The van der Waals surface area contributed by atoms with E-state index in [4.69, 9.17) is 0 Å². The molecule has 0 amide bonds. The van der Waals surface area contributed by atoms with E-state index < -0.39 is 6.10 Å². The normalized spacial score (nSPS) is 16.6. The Morgan fingerprint density at radius 2 is 1.67 bits per heavy atom. The Hall–Kier alpha value is -1.67. The molecule has 1 saturated carbocycles. The summed E-state index contributed by atoms with van der Waals surface area (Å²) in [6.07, 6.45) is 1.63. The zero-order valence-corrected chi connectivity index (χ0v) is 10.0. The number of rotatable bonds is 3. The monoisotopic (exact) mass is 242 g/mol. The number of aliphatic hydroxyl groups is 1. The summed E-state index contributed by atoms with van der Waals surface area (Å²) in [6.45, 7) is 0. The smallest absolute Gasteiger partial charge is 0.129 e. The highest BCUT2D eigenvalue weighted by Gasteiger charge is 2.23. The fourth-order valence-electron chi connectivity index (χ4n) is 2.24. The second-order valence-corrected chi connectivity index (χ2v) is 4.86. The second kappa shape index (κ2) is 4.54. The Balaban J connectivity index is 1.87. The number of aliphatic hydroxyl groups excluding tert-OH is 1. The first-order chi connectivity index (χ1) is 8.75. The van der Waals surface area contributed by atoms with Crippen LogP contribution < -0.4 is 0 Å². The van der Waals surface area contributed by atoms with Gasteiger partial charge in [0.2, 0.25) is 0 Å². The van der Waals surface area contributed by atoms with E-state index in [1.807, 2.05) is 24.3 Å². The van der Waals surface area contributed by atoms with Crippen molar-refractivity contribution in [3.05, 3.63) is 71.0 Å². The van der Waals surface area contributed by atoms with Crippen LogP contribution in [-0.4, -0.2) is 5.11 Å². The van der Waals surface area contributed by atoms with Gasteiger partial charge >= 0.3 is 0 Å². The van der Waals surface area contributed by atoms with Gasteiger partial charge in [0.15, 0.2) is 0 Å². The third-order valence-electron chi connectivity index (χ3n) is 3.50. The zero-order chi connectivity index (χ0) is 12.5. The van der Waals surface area contributed by atoms with Crippen LogP contribution in [-0.2, 0) is 0 Å². The molecule has 18 heavy (non-hydrogen) atoms. The van der Waals surface area contributed by atoms with Crippen LogP contribution in [0.15, 0.2) is 48.5 Å². The predicted molar refractivity (Wildman–Crippen MR) is 68.9 cm³/mol. The van der Waals surface area contributed by atoms with E-state index in [1.165, 1.54) is 24.5 Å². The molecule has 1 atom stereocenters. The standard InChI is InChI=1S/C16H15FO/c17-15-4-2-1-3-14(15)16(18)13-9-7-12(8-10-13)11-5-6-11/h1-4,7-11,16,18H,5-6H2. The molecule has 1 fully saturated rings. The molecule has 1 N–H and O–H groups in total. The van der Waals surface area contributed by atoms with E-state index in [1.54, 1.807) is 18.2 Å². The highest BCUT2D eigenvalue weighted by Crippen LogP contribution is 2.40. The Kier molecular flexibility index (Phi) is 2.88. The highest BCUT2D eigenvalue weighted by molar-refractivity contribution is 5.34. The lowest BCUT2D eigenvalue weighted by Crippen LogP contribution is -2.02. The summed E-state index contributed by atoms with van der Waals surface area (Å²) in [5.74, 6) is 0.334. The SMILES string of the molecule is OC(c1ccc(C2CC2)cc1)c1ccccc1F. The molecule has 1 aliphatic carbocycles. The van der Waals surface area contributed by atoms with E-state index in [9.17, 15) is 9.50 Å². The zero-order valence-electron chi connectivity index (χ0n) is 10.0. The van der Waals surface area contributed by atoms with Crippen LogP contribution in [0.3, 0.4) is 0 Å². The van der Waals surface area contributed by atoms with Gasteiger partial charge in [-0.25, -0.2) is 4.39 Å². The number of hydrogen-bond acceptors (Lipinski definition) is 1. The van der Waals surface area contributed by atoms with Crippen molar-refractivity contribution in [2.45, 2.75) is 24.9 Å². The number of hydrogen-bond donors (Lipinski definition) is 1. The molecular weight excluding hydrogens is 227 g/mol. The summed E-state index contributed by atoms with van der Waals surface area (Å²) < 4.78 is 13.6. The molecule has 3 rings (SSSR count). The summed E-state index contributed by atoms with van der Waals surface area (Å²) in [5, 5.41) is 10.2. The molecule has 2 aromatic carbocycles. The van der Waals surface area contributed by atoms with Crippen molar-refractivity contribution >= 4 is 0 Å². The molecule has 0 spiro atoms. The minimum Gasteiger partial charge on any atom is -0.384 e. The first-order valence-electron chi connectivity index (χ1n) is 6.28. The van der Waals surface area contributed by atoms with Crippen molar-refractivity contribution in [3.8, 4) is 0 Å². The van der Waals surface area contributed by atoms with Gasteiger partial charge in [-0.2, -0.15) is 0 Å². The molecule has 1 nitrogen and oxygen atoms in total. The van der Waals surface area contributed by atoms with E-state index in [2.05, 4.69) is 0 Å².